The lowest BCUT2D eigenvalue weighted by molar-refractivity contribution is -0.135. The number of esters is 1. The molecule has 2 aliphatic heterocycles. The maximum Gasteiger partial charge on any atom is 0.313 e. The molecule has 0 aliphatic carbocycles. The smallest absolute Gasteiger partial charge is 0.313 e. The number of nitrogens with zero attached hydrogens (tertiary/aromatic N) is 1. The van der Waals surface area contributed by atoms with Crippen molar-refractivity contribution < 1.29 is 19.0 Å². The van der Waals surface area contributed by atoms with Crippen molar-refractivity contribution in [1.82, 2.24) is 10.2 Å². The van der Waals surface area contributed by atoms with E-state index in [0.29, 0.717) is 11.6 Å². The van der Waals surface area contributed by atoms with Gasteiger partial charge in [-0.15, -0.1) is 5.10 Å². The van der Waals surface area contributed by atoms with Crippen molar-refractivity contribution in [2.75, 3.05) is 6.79 Å². The van der Waals surface area contributed by atoms with Crippen molar-refractivity contribution in [3.63, 3.8) is 0 Å². The summed E-state index contributed by atoms with van der Waals surface area (Å²) in [7, 11) is 0. The van der Waals surface area contributed by atoms with E-state index in [0.717, 1.165) is 28.1 Å². The second-order valence-electron chi connectivity index (χ2n) is 6.03. The van der Waals surface area contributed by atoms with Gasteiger partial charge in [-0.2, -0.15) is 0 Å². The van der Waals surface area contributed by atoms with Crippen molar-refractivity contribution in [1.29, 1.82) is 0 Å². The molecule has 1 aromatic heterocycles. The standard InChI is InChI=1S/C19H14N2O4/c22-16-9-13(12-6-7-14-15(8-12)24-10-23-14)17-18(20-21-19(17)25-16)11-4-2-1-3-5-11/h1-8,13H,9-10H2,(H,20,21)/t13-/m1/s1. The summed E-state index contributed by atoms with van der Waals surface area (Å²) in [6.45, 7) is 0.220. The molecule has 0 bridgehead atoms. The number of rotatable bonds is 2. The van der Waals surface area contributed by atoms with Crippen LogP contribution in [0.25, 0.3) is 11.3 Å². The lowest BCUT2D eigenvalue weighted by Crippen LogP contribution is -2.20. The molecule has 0 saturated carbocycles. The predicted octanol–water partition coefficient (Wildman–Crippen LogP) is 3.25. The summed E-state index contributed by atoms with van der Waals surface area (Å²) >= 11 is 0. The van der Waals surface area contributed by atoms with Crippen LogP contribution < -0.4 is 14.2 Å². The predicted molar refractivity (Wildman–Crippen MR) is 88.7 cm³/mol. The summed E-state index contributed by atoms with van der Waals surface area (Å²) in [4.78, 5) is 12.1. The summed E-state index contributed by atoms with van der Waals surface area (Å²) in [5, 5.41) is 7.23. The topological polar surface area (TPSA) is 73.4 Å². The van der Waals surface area contributed by atoms with Crippen LogP contribution in [0.1, 0.15) is 23.5 Å². The van der Waals surface area contributed by atoms with Crippen LogP contribution in [0.15, 0.2) is 48.5 Å². The Morgan fingerprint density at radius 1 is 1.04 bits per heavy atom. The van der Waals surface area contributed by atoms with Gasteiger partial charge in [0.25, 0.3) is 0 Å². The van der Waals surface area contributed by atoms with Crippen LogP contribution in [0.2, 0.25) is 0 Å². The Morgan fingerprint density at radius 2 is 1.88 bits per heavy atom. The van der Waals surface area contributed by atoms with Gasteiger partial charge in [-0.1, -0.05) is 36.4 Å². The highest BCUT2D eigenvalue weighted by molar-refractivity contribution is 5.80. The van der Waals surface area contributed by atoms with Gasteiger partial charge in [-0.3, -0.25) is 9.89 Å². The SMILES string of the molecule is O=C1C[C@H](c2ccc3c(c2)OCO3)c2c(n[nH]c2-c2ccccc2)O1. The van der Waals surface area contributed by atoms with Crippen LogP contribution in [0.3, 0.4) is 0 Å². The molecule has 0 fully saturated rings. The third-order valence-corrected chi connectivity index (χ3v) is 4.56. The molecule has 124 valence electrons. The van der Waals surface area contributed by atoms with E-state index >= 15 is 0 Å². The van der Waals surface area contributed by atoms with Gasteiger partial charge in [-0.25, -0.2) is 0 Å². The molecule has 6 heteroatoms. The van der Waals surface area contributed by atoms with Gasteiger partial charge in [0, 0.05) is 5.92 Å². The average molecular weight is 334 g/mol. The highest BCUT2D eigenvalue weighted by Crippen LogP contribution is 2.45. The van der Waals surface area contributed by atoms with Gasteiger partial charge in [0.1, 0.15) is 0 Å². The van der Waals surface area contributed by atoms with Crippen molar-refractivity contribution >= 4 is 5.97 Å². The van der Waals surface area contributed by atoms with Crippen LogP contribution in [0, 0.1) is 0 Å². The number of ether oxygens (including phenoxy) is 3. The van der Waals surface area contributed by atoms with Crippen LogP contribution >= 0.6 is 0 Å². The second-order valence-corrected chi connectivity index (χ2v) is 6.03. The van der Waals surface area contributed by atoms with E-state index < -0.39 is 0 Å². The van der Waals surface area contributed by atoms with E-state index in [9.17, 15) is 4.79 Å². The summed E-state index contributed by atoms with van der Waals surface area (Å²) in [5.41, 5.74) is 3.73. The molecule has 0 spiro atoms. The first-order chi connectivity index (χ1) is 12.3. The summed E-state index contributed by atoms with van der Waals surface area (Å²) in [5.74, 6) is 1.32. The minimum atomic E-state index is -0.290. The number of carbonyl (C=O) groups is 1. The van der Waals surface area contributed by atoms with E-state index in [1.54, 1.807) is 0 Å². The maximum atomic E-state index is 12.1. The number of hydrogen-bond acceptors (Lipinski definition) is 5. The summed E-state index contributed by atoms with van der Waals surface area (Å²) in [6.07, 6.45) is 0.256. The number of aromatic nitrogens is 2. The van der Waals surface area contributed by atoms with Gasteiger partial charge in [0.05, 0.1) is 17.7 Å². The normalized spacial score (nSPS) is 17.9. The van der Waals surface area contributed by atoms with Gasteiger partial charge in [0.2, 0.25) is 12.7 Å². The molecular weight excluding hydrogens is 320 g/mol. The minimum Gasteiger partial charge on any atom is -0.454 e. The molecule has 0 amide bonds. The molecule has 1 atom stereocenters. The number of fused-ring (bicyclic) bond motifs is 2. The Balaban J connectivity index is 1.65. The Kier molecular flexibility index (Phi) is 3.03. The molecule has 5 rings (SSSR count). The van der Waals surface area contributed by atoms with E-state index in [2.05, 4.69) is 10.2 Å². The number of nitrogens with one attached hydrogen (secondary N) is 1. The van der Waals surface area contributed by atoms with Gasteiger partial charge < -0.3 is 14.2 Å². The van der Waals surface area contributed by atoms with Crippen molar-refractivity contribution in [3.05, 3.63) is 59.7 Å². The van der Waals surface area contributed by atoms with Crippen LogP contribution in [0.5, 0.6) is 17.4 Å². The van der Waals surface area contributed by atoms with E-state index in [-0.39, 0.29) is 25.1 Å². The maximum absolute atomic E-state index is 12.1. The fraction of sp³-hybridized carbons (Fsp3) is 0.158. The molecular formula is C19H14N2O4. The highest BCUT2D eigenvalue weighted by atomic mass is 16.7. The Labute approximate surface area is 143 Å². The zero-order valence-corrected chi connectivity index (χ0v) is 13.2. The number of H-pyrrole nitrogens is 1. The fourth-order valence-electron chi connectivity index (χ4n) is 3.39. The van der Waals surface area contributed by atoms with Gasteiger partial charge in [-0.05, 0) is 23.3 Å². The lowest BCUT2D eigenvalue weighted by Gasteiger charge is -2.22. The number of carbonyl (C=O) groups excluding carboxylic acids is 1. The van der Waals surface area contributed by atoms with Crippen molar-refractivity contribution in [2.45, 2.75) is 12.3 Å². The molecule has 6 nitrogen and oxygen atoms in total. The fourth-order valence-corrected chi connectivity index (χ4v) is 3.39. The Bertz CT molecular complexity index is 965. The van der Waals surface area contributed by atoms with Gasteiger partial charge in [0.15, 0.2) is 11.5 Å². The molecule has 0 saturated heterocycles. The zero-order valence-electron chi connectivity index (χ0n) is 13.2. The molecule has 3 aromatic rings. The summed E-state index contributed by atoms with van der Waals surface area (Å²) in [6, 6.07) is 15.7. The molecule has 2 aliphatic rings. The Hall–Kier alpha value is -3.28. The first-order valence-corrected chi connectivity index (χ1v) is 8.03. The molecule has 25 heavy (non-hydrogen) atoms. The lowest BCUT2D eigenvalue weighted by atomic mass is 9.85. The minimum absolute atomic E-state index is 0.153. The summed E-state index contributed by atoms with van der Waals surface area (Å²) < 4.78 is 16.2. The monoisotopic (exact) mass is 334 g/mol. The third kappa shape index (κ3) is 2.26. The molecule has 0 radical (unpaired) electrons. The largest absolute Gasteiger partial charge is 0.454 e. The molecule has 1 N–H and O–H groups in total. The average Bonchev–Trinajstić information content (AvgIpc) is 3.27. The van der Waals surface area contributed by atoms with E-state index in [4.69, 9.17) is 14.2 Å². The van der Waals surface area contributed by atoms with Crippen molar-refractivity contribution in [2.24, 2.45) is 0 Å². The van der Waals surface area contributed by atoms with Crippen LogP contribution in [-0.4, -0.2) is 23.0 Å². The number of benzene rings is 2. The van der Waals surface area contributed by atoms with Crippen molar-refractivity contribution in [3.8, 4) is 28.6 Å². The first kappa shape index (κ1) is 14.1. The molecule has 2 aromatic carbocycles. The van der Waals surface area contributed by atoms with Crippen LogP contribution in [0.4, 0.5) is 0 Å². The molecule has 3 heterocycles. The number of hydrogen-bond donors (Lipinski definition) is 1. The van der Waals surface area contributed by atoms with Crippen LogP contribution in [-0.2, 0) is 4.79 Å². The highest BCUT2D eigenvalue weighted by Gasteiger charge is 2.34. The van der Waals surface area contributed by atoms with E-state index in [1.807, 2.05) is 48.5 Å². The number of aromatic amines is 1. The first-order valence-electron chi connectivity index (χ1n) is 8.03. The quantitative estimate of drug-likeness (QED) is 0.728. The zero-order chi connectivity index (χ0) is 16.8. The second kappa shape index (κ2) is 5.37. The third-order valence-electron chi connectivity index (χ3n) is 4.56. The van der Waals surface area contributed by atoms with Gasteiger partial charge >= 0.3 is 5.97 Å². The van der Waals surface area contributed by atoms with E-state index in [1.165, 1.54) is 0 Å². The Morgan fingerprint density at radius 3 is 2.76 bits per heavy atom. The molecule has 0 unspecified atom stereocenters.